The van der Waals surface area contributed by atoms with Crippen LogP contribution >= 0.6 is 0 Å². The van der Waals surface area contributed by atoms with Gasteiger partial charge in [0.2, 0.25) is 0 Å². The Bertz CT molecular complexity index is 475. The molecule has 0 aliphatic carbocycles. The molecule has 18 heavy (non-hydrogen) atoms. The summed E-state index contributed by atoms with van der Waals surface area (Å²) in [6.07, 6.45) is 0. The van der Waals surface area contributed by atoms with E-state index in [-0.39, 0.29) is 0 Å². The normalized spacial score (nSPS) is 12.7. The van der Waals surface area contributed by atoms with E-state index >= 15 is 0 Å². The quantitative estimate of drug-likeness (QED) is 0.889. The molecule has 0 aliphatic rings. The lowest BCUT2D eigenvalue weighted by molar-refractivity contribution is 0.357. The fourth-order valence-corrected chi connectivity index (χ4v) is 1.78. The molecule has 1 rings (SSSR count). The minimum atomic E-state index is -0.673. The summed E-state index contributed by atoms with van der Waals surface area (Å²) in [6.45, 7) is 5.55. The highest BCUT2D eigenvalue weighted by molar-refractivity contribution is 5.48. The lowest BCUT2D eigenvalue weighted by Crippen LogP contribution is -2.28. The summed E-state index contributed by atoms with van der Waals surface area (Å²) in [7, 11) is 3.20. The Labute approximate surface area is 108 Å². The van der Waals surface area contributed by atoms with Crippen molar-refractivity contribution in [1.82, 2.24) is 0 Å². The van der Waals surface area contributed by atoms with Crippen LogP contribution in [0.2, 0.25) is 0 Å². The van der Waals surface area contributed by atoms with Crippen LogP contribution in [0.25, 0.3) is 0 Å². The average molecular weight is 248 g/mol. The van der Waals surface area contributed by atoms with Gasteiger partial charge in [0.05, 0.1) is 31.7 Å². The van der Waals surface area contributed by atoms with Crippen molar-refractivity contribution in [2.24, 2.45) is 11.1 Å². The fourth-order valence-electron chi connectivity index (χ4n) is 1.78. The van der Waals surface area contributed by atoms with Gasteiger partial charge >= 0.3 is 0 Å². The molecule has 1 atom stereocenters. The third-order valence-corrected chi connectivity index (χ3v) is 3.15. The molecule has 0 radical (unpaired) electrons. The van der Waals surface area contributed by atoms with Gasteiger partial charge in [0, 0.05) is 5.56 Å². The maximum absolute atomic E-state index is 9.17. The number of hydrogen-bond acceptors (Lipinski definition) is 4. The van der Waals surface area contributed by atoms with E-state index in [4.69, 9.17) is 20.5 Å². The molecule has 0 amide bonds. The zero-order valence-electron chi connectivity index (χ0n) is 11.6. The van der Waals surface area contributed by atoms with E-state index in [9.17, 15) is 0 Å². The van der Waals surface area contributed by atoms with Crippen LogP contribution in [0.1, 0.15) is 31.0 Å². The molecular weight excluding hydrogens is 228 g/mol. The van der Waals surface area contributed by atoms with E-state index < -0.39 is 11.5 Å². The zero-order valence-corrected chi connectivity index (χ0v) is 11.6. The van der Waals surface area contributed by atoms with Crippen molar-refractivity contribution < 1.29 is 9.47 Å². The van der Waals surface area contributed by atoms with E-state index in [0.717, 1.165) is 16.9 Å². The second-order valence-electron chi connectivity index (χ2n) is 4.87. The van der Waals surface area contributed by atoms with Crippen LogP contribution in [0, 0.1) is 23.7 Å². The van der Waals surface area contributed by atoms with Crippen LogP contribution < -0.4 is 15.2 Å². The van der Waals surface area contributed by atoms with Crippen LogP contribution in [0.3, 0.4) is 0 Å². The number of aryl methyl sites for hydroxylation is 1. The van der Waals surface area contributed by atoms with Gasteiger partial charge in [-0.05, 0) is 38.5 Å². The molecule has 4 heteroatoms. The summed E-state index contributed by atoms with van der Waals surface area (Å²) < 4.78 is 10.6. The number of hydrogen-bond donors (Lipinski definition) is 1. The van der Waals surface area contributed by atoms with Crippen LogP contribution in [0.15, 0.2) is 12.1 Å². The topological polar surface area (TPSA) is 68.3 Å². The summed E-state index contributed by atoms with van der Waals surface area (Å²) in [5.41, 5.74) is 7.26. The molecule has 0 fully saturated rings. The number of methoxy groups -OCH3 is 2. The summed E-state index contributed by atoms with van der Waals surface area (Å²) in [5, 5.41) is 9.17. The van der Waals surface area contributed by atoms with Crippen molar-refractivity contribution in [3.8, 4) is 17.6 Å². The largest absolute Gasteiger partial charge is 0.496 e. The first-order chi connectivity index (χ1) is 8.37. The number of ether oxygens (including phenoxy) is 2. The second kappa shape index (κ2) is 5.28. The molecule has 0 aromatic heterocycles. The van der Waals surface area contributed by atoms with E-state index in [1.54, 1.807) is 14.2 Å². The summed E-state index contributed by atoms with van der Waals surface area (Å²) in [5.74, 6) is 1.43. The Morgan fingerprint density at radius 1 is 1.22 bits per heavy atom. The predicted octanol–water partition coefficient (Wildman–Crippen LogP) is 2.56. The van der Waals surface area contributed by atoms with Crippen molar-refractivity contribution in [2.75, 3.05) is 14.2 Å². The summed E-state index contributed by atoms with van der Waals surface area (Å²) in [4.78, 5) is 0. The Balaban J connectivity index is 3.35. The third kappa shape index (κ3) is 2.57. The van der Waals surface area contributed by atoms with Gasteiger partial charge in [0.1, 0.15) is 11.5 Å². The first-order valence-electron chi connectivity index (χ1n) is 5.76. The highest BCUT2D eigenvalue weighted by atomic mass is 16.5. The molecule has 1 unspecified atom stereocenters. The molecule has 1 aromatic carbocycles. The van der Waals surface area contributed by atoms with Crippen molar-refractivity contribution in [2.45, 2.75) is 26.8 Å². The average Bonchev–Trinajstić information content (AvgIpc) is 2.37. The molecule has 0 saturated carbocycles. The molecule has 0 saturated heterocycles. The van der Waals surface area contributed by atoms with Crippen molar-refractivity contribution >= 4 is 0 Å². The van der Waals surface area contributed by atoms with E-state index in [0.29, 0.717) is 5.75 Å². The molecule has 0 spiro atoms. The highest BCUT2D eigenvalue weighted by Crippen LogP contribution is 2.38. The third-order valence-electron chi connectivity index (χ3n) is 3.15. The van der Waals surface area contributed by atoms with Gasteiger partial charge in [0.25, 0.3) is 0 Å². The minimum Gasteiger partial charge on any atom is -0.496 e. The molecule has 0 bridgehead atoms. The van der Waals surface area contributed by atoms with Crippen molar-refractivity contribution in [3.63, 3.8) is 0 Å². The first-order valence-corrected chi connectivity index (χ1v) is 5.76. The summed E-state index contributed by atoms with van der Waals surface area (Å²) >= 11 is 0. The zero-order chi connectivity index (χ0) is 13.9. The van der Waals surface area contributed by atoms with Gasteiger partial charge < -0.3 is 15.2 Å². The number of nitrogens with two attached hydrogens (primary N) is 1. The Kier molecular flexibility index (Phi) is 4.20. The number of nitrogens with zero attached hydrogens (tertiary/aromatic N) is 1. The van der Waals surface area contributed by atoms with Gasteiger partial charge in [0.15, 0.2) is 0 Å². The van der Waals surface area contributed by atoms with Gasteiger partial charge in [-0.25, -0.2) is 0 Å². The van der Waals surface area contributed by atoms with Gasteiger partial charge in [-0.1, -0.05) is 0 Å². The molecule has 0 aliphatic heterocycles. The van der Waals surface area contributed by atoms with Gasteiger partial charge in [-0.3, -0.25) is 0 Å². The number of benzene rings is 1. The number of rotatable bonds is 4. The lowest BCUT2D eigenvalue weighted by Gasteiger charge is -2.26. The second-order valence-corrected chi connectivity index (χ2v) is 4.87. The summed E-state index contributed by atoms with van der Waals surface area (Å²) in [6, 6.07) is 5.51. The Hall–Kier alpha value is -1.73. The fraction of sp³-hybridized carbons (Fsp3) is 0.500. The van der Waals surface area contributed by atoms with Crippen molar-refractivity contribution in [3.05, 3.63) is 23.3 Å². The molecular formula is C14H20N2O2. The lowest BCUT2D eigenvalue weighted by atomic mass is 9.82. The smallest absolute Gasteiger partial charge is 0.124 e. The maximum Gasteiger partial charge on any atom is 0.124 e. The molecule has 4 nitrogen and oxygen atoms in total. The van der Waals surface area contributed by atoms with E-state index in [1.165, 1.54) is 0 Å². The maximum atomic E-state index is 9.17. The molecule has 98 valence electrons. The Morgan fingerprint density at radius 2 is 1.78 bits per heavy atom. The van der Waals surface area contributed by atoms with Gasteiger partial charge in [-0.15, -0.1) is 0 Å². The van der Waals surface area contributed by atoms with Crippen molar-refractivity contribution in [1.29, 1.82) is 5.26 Å². The molecule has 2 N–H and O–H groups in total. The van der Waals surface area contributed by atoms with Gasteiger partial charge in [-0.2, -0.15) is 5.26 Å². The minimum absolute atomic E-state index is 0.438. The van der Waals surface area contributed by atoms with E-state index in [2.05, 4.69) is 6.07 Å². The molecule has 0 heterocycles. The van der Waals surface area contributed by atoms with Crippen LogP contribution in [0.5, 0.6) is 11.5 Å². The van der Waals surface area contributed by atoms with Crippen LogP contribution in [-0.2, 0) is 0 Å². The standard InChI is InChI=1S/C14H20N2O2/c1-9-6-12(18-5)10(7-11(9)17-4)13(16)14(2,3)8-15/h6-7,13H,16H2,1-5H3. The van der Waals surface area contributed by atoms with E-state index in [1.807, 2.05) is 32.9 Å². The first kappa shape index (κ1) is 14.3. The molecule has 1 aromatic rings. The number of nitriles is 1. The van der Waals surface area contributed by atoms with Crippen LogP contribution in [-0.4, -0.2) is 14.2 Å². The monoisotopic (exact) mass is 248 g/mol. The highest BCUT2D eigenvalue weighted by Gasteiger charge is 2.30. The van der Waals surface area contributed by atoms with Crippen LogP contribution in [0.4, 0.5) is 0 Å². The predicted molar refractivity (Wildman–Crippen MR) is 70.6 cm³/mol. The Morgan fingerprint density at radius 3 is 2.22 bits per heavy atom. The SMILES string of the molecule is COc1cc(C(N)C(C)(C)C#N)c(OC)cc1C.